The van der Waals surface area contributed by atoms with Gasteiger partial charge >= 0.3 is 0 Å². The van der Waals surface area contributed by atoms with Gasteiger partial charge in [0.15, 0.2) is 0 Å². The van der Waals surface area contributed by atoms with E-state index in [0.717, 1.165) is 17.0 Å². The molecule has 1 N–H and O–H groups in total. The van der Waals surface area contributed by atoms with Crippen molar-refractivity contribution in [2.75, 3.05) is 26.0 Å². The van der Waals surface area contributed by atoms with E-state index in [1.54, 1.807) is 7.11 Å². The zero-order valence-electron chi connectivity index (χ0n) is 10.7. The predicted octanol–water partition coefficient (Wildman–Crippen LogP) is 1.73. The minimum atomic E-state index is -0.969. The highest BCUT2D eigenvalue weighted by atomic mass is 32.2. The van der Waals surface area contributed by atoms with E-state index in [9.17, 15) is 4.21 Å². The molecule has 0 aromatic heterocycles. The number of nitrogens with one attached hydrogen (secondary N) is 1. The van der Waals surface area contributed by atoms with E-state index in [-0.39, 0.29) is 6.04 Å². The smallest absolute Gasteiger partial charge is 0.0624 e. The number of rotatable bonds is 7. The lowest BCUT2D eigenvalue weighted by molar-refractivity contribution is 0.174. The normalized spacial score (nSPS) is 14.5. The fourth-order valence-electron chi connectivity index (χ4n) is 1.69. The summed E-state index contributed by atoms with van der Waals surface area (Å²) in [5, 5.41) is 3.28. The van der Waals surface area contributed by atoms with Gasteiger partial charge in [-0.1, -0.05) is 19.1 Å². The van der Waals surface area contributed by atoms with E-state index >= 15 is 0 Å². The summed E-state index contributed by atoms with van der Waals surface area (Å²) in [7, 11) is 0.697. The fraction of sp³-hybridized carbons (Fsp3) is 0.538. The second-order valence-corrected chi connectivity index (χ2v) is 5.53. The van der Waals surface area contributed by atoms with Gasteiger partial charge in [-0.05, 0) is 31.2 Å². The molecule has 4 heteroatoms. The summed E-state index contributed by atoms with van der Waals surface area (Å²) in [4.78, 5) is 0.893. The molecule has 0 radical (unpaired) electrons. The average Bonchev–Trinajstić information content (AvgIpc) is 2.29. The summed E-state index contributed by atoms with van der Waals surface area (Å²) in [5.41, 5.74) is 1.14. The second-order valence-electron chi connectivity index (χ2n) is 4.04. The Balaban J connectivity index is 2.63. The van der Waals surface area contributed by atoms with Crippen molar-refractivity contribution in [3.05, 3.63) is 29.8 Å². The number of benzene rings is 1. The quantitative estimate of drug-likeness (QED) is 0.806. The van der Waals surface area contributed by atoms with Crippen LogP contribution in [0.1, 0.15) is 12.5 Å². The standard InChI is InChI=1S/C13H21NO2S/c1-4-14-12(9-16-3)10-17(15)13-7-5-6-11(2)8-13/h5-8,12,14H,4,9-10H2,1-3H3. The van der Waals surface area contributed by atoms with Crippen LogP contribution in [-0.4, -0.2) is 36.3 Å². The maximum atomic E-state index is 12.2. The van der Waals surface area contributed by atoms with Gasteiger partial charge in [0.1, 0.15) is 0 Å². The minimum absolute atomic E-state index is 0.145. The minimum Gasteiger partial charge on any atom is -0.383 e. The first-order valence-corrected chi connectivity index (χ1v) is 7.16. The van der Waals surface area contributed by atoms with Crippen LogP contribution in [0.15, 0.2) is 29.2 Å². The van der Waals surface area contributed by atoms with Crippen molar-refractivity contribution < 1.29 is 8.95 Å². The molecular formula is C13H21NO2S. The van der Waals surface area contributed by atoms with Crippen LogP contribution in [0.5, 0.6) is 0 Å². The Bertz CT molecular complexity index is 362. The molecule has 0 aliphatic carbocycles. The molecule has 0 heterocycles. The van der Waals surface area contributed by atoms with Gasteiger partial charge in [0.2, 0.25) is 0 Å². The number of aryl methyl sites for hydroxylation is 1. The van der Waals surface area contributed by atoms with E-state index in [4.69, 9.17) is 4.74 Å². The van der Waals surface area contributed by atoms with Crippen LogP contribution in [0.25, 0.3) is 0 Å². The van der Waals surface area contributed by atoms with Crippen molar-refractivity contribution in [3.63, 3.8) is 0 Å². The van der Waals surface area contributed by atoms with Gasteiger partial charge < -0.3 is 10.1 Å². The topological polar surface area (TPSA) is 38.3 Å². The Labute approximate surface area is 106 Å². The fourth-order valence-corrected chi connectivity index (χ4v) is 3.01. The molecule has 3 nitrogen and oxygen atoms in total. The highest BCUT2D eigenvalue weighted by molar-refractivity contribution is 7.85. The molecule has 2 atom stereocenters. The van der Waals surface area contributed by atoms with Gasteiger partial charge in [0, 0.05) is 23.8 Å². The lowest BCUT2D eigenvalue weighted by Crippen LogP contribution is -2.37. The molecule has 1 rings (SSSR count). The first-order valence-electron chi connectivity index (χ1n) is 5.84. The third-order valence-electron chi connectivity index (χ3n) is 2.47. The third-order valence-corrected chi connectivity index (χ3v) is 3.95. The van der Waals surface area contributed by atoms with Crippen LogP contribution in [0, 0.1) is 6.92 Å². The molecule has 0 saturated carbocycles. The predicted molar refractivity (Wildman–Crippen MR) is 71.8 cm³/mol. The number of likely N-dealkylation sites (N-methyl/N-ethyl adjacent to an activating group) is 1. The Morgan fingerprint density at radius 3 is 2.82 bits per heavy atom. The molecule has 0 bridgehead atoms. The molecule has 0 aliphatic heterocycles. The van der Waals surface area contributed by atoms with Crippen molar-refractivity contribution in [3.8, 4) is 0 Å². The molecule has 0 aliphatic rings. The van der Waals surface area contributed by atoms with Gasteiger partial charge in [-0.25, -0.2) is 0 Å². The van der Waals surface area contributed by atoms with Gasteiger partial charge in [-0.15, -0.1) is 0 Å². The van der Waals surface area contributed by atoms with Crippen molar-refractivity contribution in [2.24, 2.45) is 0 Å². The van der Waals surface area contributed by atoms with Crippen LogP contribution < -0.4 is 5.32 Å². The van der Waals surface area contributed by atoms with Crippen molar-refractivity contribution in [1.82, 2.24) is 5.32 Å². The van der Waals surface area contributed by atoms with Crippen LogP contribution in [0.3, 0.4) is 0 Å². The largest absolute Gasteiger partial charge is 0.383 e. The maximum absolute atomic E-state index is 12.2. The highest BCUT2D eigenvalue weighted by Gasteiger charge is 2.13. The monoisotopic (exact) mass is 255 g/mol. The molecule has 0 fully saturated rings. The highest BCUT2D eigenvalue weighted by Crippen LogP contribution is 2.10. The van der Waals surface area contributed by atoms with Crippen LogP contribution in [0.4, 0.5) is 0 Å². The van der Waals surface area contributed by atoms with Gasteiger partial charge in [-0.2, -0.15) is 0 Å². The summed E-state index contributed by atoms with van der Waals surface area (Å²) in [5.74, 6) is 0.588. The Morgan fingerprint density at radius 2 is 2.24 bits per heavy atom. The van der Waals surface area contributed by atoms with E-state index in [1.165, 1.54) is 0 Å². The van der Waals surface area contributed by atoms with E-state index in [0.29, 0.717) is 12.4 Å². The van der Waals surface area contributed by atoms with Gasteiger partial charge in [0.25, 0.3) is 0 Å². The van der Waals surface area contributed by atoms with Crippen LogP contribution in [-0.2, 0) is 15.5 Å². The number of hydrogen-bond donors (Lipinski definition) is 1. The molecular weight excluding hydrogens is 234 g/mol. The number of ether oxygens (including phenoxy) is 1. The average molecular weight is 255 g/mol. The van der Waals surface area contributed by atoms with Gasteiger partial charge in [0.05, 0.1) is 17.4 Å². The molecule has 1 aromatic carbocycles. The Kier molecular flexibility index (Phi) is 6.40. The number of hydrogen-bond acceptors (Lipinski definition) is 3. The molecule has 96 valence electrons. The van der Waals surface area contributed by atoms with Gasteiger partial charge in [-0.3, -0.25) is 4.21 Å². The summed E-state index contributed by atoms with van der Waals surface area (Å²) in [6.45, 7) is 5.50. The summed E-state index contributed by atoms with van der Waals surface area (Å²) in [6, 6.07) is 8.00. The molecule has 0 spiro atoms. The third kappa shape index (κ3) is 4.98. The SMILES string of the molecule is CCNC(COC)CS(=O)c1cccc(C)c1. The molecule has 0 amide bonds. The first kappa shape index (κ1) is 14.4. The molecule has 1 aromatic rings. The zero-order valence-corrected chi connectivity index (χ0v) is 11.5. The van der Waals surface area contributed by atoms with Crippen molar-refractivity contribution in [1.29, 1.82) is 0 Å². The van der Waals surface area contributed by atoms with Crippen molar-refractivity contribution >= 4 is 10.8 Å². The Morgan fingerprint density at radius 1 is 1.47 bits per heavy atom. The maximum Gasteiger partial charge on any atom is 0.0624 e. The lowest BCUT2D eigenvalue weighted by Gasteiger charge is -2.16. The Hall–Kier alpha value is -0.710. The van der Waals surface area contributed by atoms with E-state index in [2.05, 4.69) is 5.32 Å². The summed E-state index contributed by atoms with van der Waals surface area (Å²) in [6.07, 6.45) is 0. The molecule has 17 heavy (non-hydrogen) atoms. The number of methoxy groups -OCH3 is 1. The zero-order chi connectivity index (χ0) is 12.7. The molecule has 0 saturated heterocycles. The summed E-state index contributed by atoms with van der Waals surface area (Å²) < 4.78 is 17.3. The summed E-state index contributed by atoms with van der Waals surface area (Å²) >= 11 is 0. The van der Waals surface area contributed by atoms with Crippen molar-refractivity contribution in [2.45, 2.75) is 24.8 Å². The molecule has 2 unspecified atom stereocenters. The van der Waals surface area contributed by atoms with Crippen LogP contribution >= 0.6 is 0 Å². The second kappa shape index (κ2) is 7.58. The lowest BCUT2D eigenvalue weighted by atomic mass is 10.2. The van der Waals surface area contributed by atoms with Crippen LogP contribution in [0.2, 0.25) is 0 Å². The van der Waals surface area contributed by atoms with E-state index < -0.39 is 10.8 Å². The first-order chi connectivity index (χ1) is 8.17. The van der Waals surface area contributed by atoms with E-state index in [1.807, 2.05) is 38.1 Å².